The van der Waals surface area contributed by atoms with Gasteiger partial charge in [-0.1, -0.05) is 13.3 Å². The maximum Gasteiger partial charge on any atom is 0.237 e. The number of hydrogen-bond acceptors (Lipinski definition) is 3. The third kappa shape index (κ3) is 4.43. The fourth-order valence-corrected chi connectivity index (χ4v) is 3.99. The Bertz CT molecular complexity index is 333. The Balaban J connectivity index is 1.89. The second kappa shape index (κ2) is 7.59. The summed E-state index contributed by atoms with van der Waals surface area (Å²) in [7, 11) is 0. The van der Waals surface area contributed by atoms with E-state index in [1.54, 1.807) is 0 Å². The predicted octanol–water partition coefficient (Wildman–Crippen LogP) is 2.15. The zero-order chi connectivity index (χ0) is 15.3. The molecule has 122 valence electrons. The van der Waals surface area contributed by atoms with E-state index in [9.17, 15) is 4.79 Å². The molecule has 2 saturated heterocycles. The third-order valence-electron chi connectivity index (χ3n) is 5.29. The highest BCUT2D eigenvalue weighted by Gasteiger charge is 2.38. The lowest BCUT2D eigenvalue weighted by molar-refractivity contribution is -0.128. The lowest BCUT2D eigenvalue weighted by Crippen LogP contribution is -2.56. The van der Waals surface area contributed by atoms with Crippen LogP contribution in [0.5, 0.6) is 0 Å². The van der Waals surface area contributed by atoms with Gasteiger partial charge in [0.1, 0.15) is 0 Å². The molecule has 2 aliphatic heterocycles. The standard InChI is InChI=1S/C17H33N3O/c1-4-7-14(2)19-16(21)15(3)20-11-6-9-17(13-20)8-5-10-18-12-17/h14-15,18H,4-13H2,1-3H3,(H,19,21). The lowest BCUT2D eigenvalue weighted by atomic mass is 9.74. The van der Waals surface area contributed by atoms with Crippen LogP contribution >= 0.6 is 0 Å². The average Bonchev–Trinajstić information content (AvgIpc) is 2.47. The Morgan fingerprint density at radius 1 is 1.33 bits per heavy atom. The number of hydrogen-bond donors (Lipinski definition) is 2. The molecule has 0 saturated carbocycles. The lowest BCUT2D eigenvalue weighted by Gasteiger charge is -2.47. The molecular formula is C17H33N3O. The fraction of sp³-hybridized carbons (Fsp3) is 0.941. The van der Waals surface area contributed by atoms with Crippen LogP contribution in [0.3, 0.4) is 0 Å². The van der Waals surface area contributed by atoms with E-state index in [0.29, 0.717) is 11.5 Å². The normalized spacial score (nSPS) is 30.0. The van der Waals surface area contributed by atoms with Gasteiger partial charge in [-0.3, -0.25) is 9.69 Å². The minimum absolute atomic E-state index is 0.00316. The first-order valence-corrected chi connectivity index (χ1v) is 8.81. The number of likely N-dealkylation sites (tertiary alicyclic amines) is 1. The number of nitrogens with zero attached hydrogens (tertiary/aromatic N) is 1. The molecule has 3 unspecified atom stereocenters. The first-order valence-electron chi connectivity index (χ1n) is 8.81. The van der Waals surface area contributed by atoms with Gasteiger partial charge in [0.2, 0.25) is 5.91 Å². The van der Waals surface area contributed by atoms with E-state index in [1.165, 1.54) is 25.7 Å². The van der Waals surface area contributed by atoms with Crippen LogP contribution < -0.4 is 10.6 Å². The van der Waals surface area contributed by atoms with Gasteiger partial charge in [0.05, 0.1) is 6.04 Å². The second-order valence-corrected chi connectivity index (χ2v) is 7.23. The zero-order valence-electron chi connectivity index (χ0n) is 14.1. The minimum Gasteiger partial charge on any atom is -0.352 e. The van der Waals surface area contributed by atoms with Crippen LogP contribution in [0, 0.1) is 5.41 Å². The minimum atomic E-state index is 0.00316. The van der Waals surface area contributed by atoms with E-state index < -0.39 is 0 Å². The van der Waals surface area contributed by atoms with Crippen LogP contribution in [-0.4, -0.2) is 49.1 Å². The topological polar surface area (TPSA) is 44.4 Å². The fourth-order valence-electron chi connectivity index (χ4n) is 3.99. The third-order valence-corrected chi connectivity index (χ3v) is 5.29. The Hall–Kier alpha value is -0.610. The average molecular weight is 295 g/mol. The van der Waals surface area contributed by atoms with E-state index in [0.717, 1.165) is 39.0 Å². The van der Waals surface area contributed by atoms with Gasteiger partial charge >= 0.3 is 0 Å². The van der Waals surface area contributed by atoms with E-state index in [-0.39, 0.29) is 11.9 Å². The van der Waals surface area contributed by atoms with Crippen LogP contribution in [-0.2, 0) is 4.79 Å². The van der Waals surface area contributed by atoms with Crippen molar-refractivity contribution in [3.63, 3.8) is 0 Å². The molecule has 2 heterocycles. The van der Waals surface area contributed by atoms with Gasteiger partial charge in [-0.2, -0.15) is 0 Å². The molecule has 2 fully saturated rings. The Labute approximate surface area is 130 Å². The van der Waals surface area contributed by atoms with Crippen molar-refractivity contribution in [1.29, 1.82) is 0 Å². The van der Waals surface area contributed by atoms with Crippen molar-refractivity contribution >= 4 is 5.91 Å². The van der Waals surface area contributed by atoms with Crippen LogP contribution in [0.2, 0.25) is 0 Å². The summed E-state index contributed by atoms with van der Waals surface area (Å²) in [5.74, 6) is 0.205. The van der Waals surface area contributed by atoms with Gasteiger partial charge in [-0.15, -0.1) is 0 Å². The first kappa shape index (κ1) is 16.8. The van der Waals surface area contributed by atoms with Gasteiger partial charge in [0, 0.05) is 19.1 Å². The Kier molecular flexibility index (Phi) is 6.06. The summed E-state index contributed by atoms with van der Waals surface area (Å²) in [5, 5.41) is 6.73. The highest BCUT2D eigenvalue weighted by atomic mass is 16.2. The number of rotatable bonds is 5. The summed E-state index contributed by atoms with van der Waals surface area (Å²) < 4.78 is 0. The van der Waals surface area contributed by atoms with Crippen LogP contribution in [0.15, 0.2) is 0 Å². The summed E-state index contributed by atoms with van der Waals surface area (Å²) in [6.45, 7) is 10.8. The smallest absolute Gasteiger partial charge is 0.237 e. The van der Waals surface area contributed by atoms with Crippen molar-refractivity contribution in [3.05, 3.63) is 0 Å². The maximum atomic E-state index is 12.4. The van der Waals surface area contributed by atoms with Crippen molar-refractivity contribution in [2.45, 2.75) is 71.4 Å². The van der Waals surface area contributed by atoms with E-state index in [2.05, 4.69) is 36.3 Å². The summed E-state index contributed by atoms with van der Waals surface area (Å²) in [4.78, 5) is 14.8. The molecule has 0 aromatic carbocycles. The molecule has 0 bridgehead atoms. The van der Waals surface area contributed by atoms with Gasteiger partial charge in [0.25, 0.3) is 0 Å². The van der Waals surface area contributed by atoms with Crippen molar-refractivity contribution in [2.75, 3.05) is 26.2 Å². The molecule has 2 N–H and O–H groups in total. The summed E-state index contributed by atoms with van der Waals surface area (Å²) >= 11 is 0. The van der Waals surface area contributed by atoms with E-state index in [1.807, 2.05) is 0 Å². The van der Waals surface area contributed by atoms with Gasteiger partial charge < -0.3 is 10.6 Å². The molecule has 0 aliphatic carbocycles. The monoisotopic (exact) mass is 295 g/mol. The number of carbonyl (C=O) groups excluding carboxylic acids is 1. The molecule has 21 heavy (non-hydrogen) atoms. The summed E-state index contributed by atoms with van der Waals surface area (Å²) in [6.07, 6.45) is 7.32. The highest BCUT2D eigenvalue weighted by molar-refractivity contribution is 5.81. The van der Waals surface area contributed by atoms with Gasteiger partial charge in [-0.05, 0) is 64.5 Å². The van der Waals surface area contributed by atoms with Crippen LogP contribution in [0.25, 0.3) is 0 Å². The van der Waals surface area contributed by atoms with Crippen LogP contribution in [0.1, 0.15) is 59.3 Å². The van der Waals surface area contributed by atoms with E-state index >= 15 is 0 Å². The quantitative estimate of drug-likeness (QED) is 0.817. The second-order valence-electron chi connectivity index (χ2n) is 7.23. The van der Waals surface area contributed by atoms with Crippen molar-refractivity contribution in [1.82, 2.24) is 15.5 Å². The van der Waals surface area contributed by atoms with E-state index in [4.69, 9.17) is 0 Å². The molecule has 3 atom stereocenters. The molecule has 1 spiro atoms. The molecule has 2 aliphatic rings. The molecular weight excluding hydrogens is 262 g/mol. The van der Waals surface area contributed by atoms with Crippen LogP contribution in [0.4, 0.5) is 0 Å². The number of carbonyl (C=O) groups is 1. The highest BCUT2D eigenvalue weighted by Crippen LogP contribution is 2.36. The Morgan fingerprint density at radius 3 is 2.76 bits per heavy atom. The molecule has 2 rings (SSSR count). The summed E-state index contributed by atoms with van der Waals surface area (Å²) in [5.41, 5.74) is 0.417. The first-order chi connectivity index (χ1) is 10.1. The molecule has 4 nitrogen and oxygen atoms in total. The van der Waals surface area contributed by atoms with Crippen molar-refractivity contribution < 1.29 is 4.79 Å². The molecule has 0 aromatic rings. The van der Waals surface area contributed by atoms with Crippen molar-refractivity contribution in [3.8, 4) is 0 Å². The van der Waals surface area contributed by atoms with Gasteiger partial charge in [0.15, 0.2) is 0 Å². The molecule has 1 amide bonds. The molecule has 4 heteroatoms. The largest absolute Gasteiger partial charge is 0.352 e. The number of amides is 1. The Morgan fingerprint density at radius 2 is 2.10 bits per heavy atom. The maximum absolute atomic E-state index is 12.4. The zero-order valence-corrected chi connectivity index (χ0v) is 14.1. The number of piperidine rings is 2. The molecule has 0 aromatic heterocycles. The SMILES string of the molecule is CCCC(C)NC(=O)C(C)N1CCCC2(CCCNC2)C1. The van der Waals surface area contributed by atoms with Gasteiger partial charge in [-0.25, -0.2) is 0 Å². The molecule has 0 radical (unpaired) electrons. The number of nitrogens with one attached hydrogen (secondary N) is 2. The predicted molar refractivity (Wildman–Crippen MR) is 87.3 cm³/mol. The van der Waals surface area contributed by atoms with Crippen molar-refractivity contribution in [2.24, 2.45) is 5.41 Å². The summed E-state index contributed by atoms with van der Waals surface area (Å²) in [6, 6.07) is 0.295.